The molecular formula is C16H18N2O2. The highest BCUT2D eigenvalue weighted by atomic mass is 16.5. The average molecular weight is 270 g/mol. The molecule has 4 nitrogen and oxygen atoms in total. The van der Waals surface area contributed by atoms with Crippen LogP contribution in [0.2, 0.25) is 0 Å². The summed E-state index contributed by atoms with van der Waals surface area (Å²) in [5.41, 5.74) is 2.33. The quantitative estimate of drug-likeness (QED) is 0.866. The van der Waals surface area contributed by atoms with E-state index in [2.05, 4.69) is 29.4 Å². The molecule has 1 heterocycles. The van der Waals surface area contributed by atoms with Crippen molar-refractivity contribution in [3.8, 4) is 0 Å². The Morgan fingerprint density at radius 2 is 1.90 bits per heavy atom. The molecule has 1 aromatic carbocycles. The summed E-state index contributed by atoms with van der Waals surface area (Å²) in [6.07, 6.45) is 0. The monoisotopic (exact) mass is 270 g/mol. The maximum atomic E-state index is 11.5. The molecule has 0 saturated carbocycles. The van der Waals surface area contributed by atoms with E-state index < -0.39 is 0 Å². The number of aryl methyl sites for hydroxylation is 1. The van der Waals surface area contributed by atoms with Gasteiger partial charge < -0.3 is 10.1 Å². The highest BCUT2D eigenvalue weighted by molar-refractivity contribution is 5.90. The number of nitrogens with zero attached hydrogens (tertiary/aromatic N) is 1. The Morgan fingerprint density at radius 3 is 2.50 bits per heavy atom. The summed E-state index contributed by atoms with van der Waals surface area (Å²) in [6.45, 7) is 3.87. The summed E-state index contributed by atoms with van der Waals surface area (Å²) in [6, 6.07) is 13.8. The van der Waals surface area contributed by atoms with Gasteiger partial charge in [-0.3, -0.25) is 0 Å². The van der Waals surface area contributed by atoms with Crippen molar-refractivity contribution in [1.82, 2.24) is 4.98 Å². The third-order valence-corrected chi connectivity index (χ3v) is 3.16. The van der Waals surface area contributed by atoms with E-state index in [1.807, 2.05) is 18.2 Å². The zero-order chi connectivity index (χ0) is 14.5. The molecule has 20 heavy (non-hydrogen) atoms. The van der Waals surface area contributed by atoms with Crippen molar-refractivity contribution >= 4 is 11.8 Å². The molecule has 0 fully saturated rings. The molecule has 0 bridgehead atoms. The van der Waals surface area contributed by atoms with E-state index in [0.29, 0.717) is 11.3 Å². The number of carbonyl (C=O) groups is 1. The largest absolute Gasteiger partial charge is 0.465 e. The van der Waals surface area contributed by atoms with Crippen molar-refractivity contribution < 1.29 is 9.53 Å². The lowest BCUT2D eigenvalue weighted by Crippen LogP contribution is -2.10. The number of anilines is 1. The van der Waals surface area contributed by atoms with E-state index in [1.54, 1.807) is 19.1 Å². The van der Waals surface area contributed by atoms with Crippen LogP contribution in [-0.2, 0) is 4.74 Å². The third-order valence-electron chi connectivity index (χ3n) is 3.16. The number of benzene rings is 1. The molecular weight excluding hydrogens is 252 g/mol. The predicted molar refractivity (Wildman–Crippen MR) is 78.8 cm³/mol. The molecule has 1 aromatic heterocycles. The molecule has 1 unspecified atom stereocenters. The minimum absolute atomic E-state index is 0.145. The maximum Gasteiger partial charge on any atom is 0.339 e. The zero-order valence-electron chi connectivity index (χ0n) is 11.9. The van der Waals surface area contributed by atoms with Crippen molar-refractivity contribution in [2.75, 3.05) is 12.4 Å². The topological polar surface area (TPSA) is 51.2 Å². The number of hydrogen-bond acceptors (Lipinski definition) is 4. The predicted octanol–water partition coefficient (Wildman–Crippen LogP) is 3.35. The Bertz CT molecular complexity index is 597. The van der Waals surface area contributed by atoms with Crippen molar-refractivity contribution in [3.63, 3.8) is 0 Å². The van der Waals surface area contributed by atoms with Gasteiger partial charge >= 0.3 is 5.97 Å². The molecule has 0 saturated heterocycles. The van der Waals surface area contributed by atoms with Crippen molar-refractivity contribution in [2.24, 2.45) is 0 Å². The molecule has 0 spiro atoms. The summed E-state index contributed by atoms with van der Waals surface area (Å²) in [5, 5.41) is 3.32. The Balaban J connectivity index is 2.15. The Kier molecular flexibility index (Phi) is 4.35. The van der Waals surface area contributed by atoms with Crippen LogP contribution < -0.4 is 5.32 Å². The average Bonchev–Trinajstić information content (AvgIpc) is 2.47. The van der Waals surface area contributed by atoms with Crippen LogP contribution in [0.4, 0.5) is 5.82 Å². The van der Waals surface area contributed by atoms with Gasteiger partial charge in [0, 0.05) is 6.04 Å². The summed E-state index contributed by atoms with van der Waals surface area (Å²) in [5.74, 6) is 0.379. The Labute approximate surface area is 118 Å². The Morgan fingerprint density at radius 1 is 1.20 bits per heavy atom. The van der Waals surface area contributed by atoms with Gasteiger partial charge in [0.2, 0.25) is 0 Å². The molecule has 0 aliphatic carbocycles. The Hall–Kier alpha value is -2.36. The first kappa shape index (κ1) is 14.1. The fraction of sp³-hybridized carbons (Fsp3) is 0.250. The number of nitrogens with one attached hydrogen (secondary N) is 1. The summed E-state index contributed by atoms with van der Waals surface area (Å²) in [7, 11) is 1.37. The fourth-order valence-corrected chi connectivity index (χ4v) is 2.01. The van der Waals surface area contributed by atoms with Gasteiger partial charge in [0.1, 0.15) is 5.82 Å². The van der Waals surface area contributed by atoms with Crippen molar-refractivity contribution in [1.29, 1.82) is 0 Å². The van der Waals surface area contributed by atoms with Gasteiger partial charge in [0.25, 0.3) is 0 Å². The first-order valence-corrected chi connectivity index (χ1v) is 6.49. The SMILES string of the molecule is COC(=O)c1ccc(NC(C)c2ccccc2)nc1C. The first-order valence-electron chi connectivity index (χ1n) is 6.49. The van der Waals surface area contributed by atoms with Gasteiger partial charge in [-0.15, -0.1) is 0 Å². The lowest BCUT2D eigenvalue weighted by molar-refractivity contribution is 0.0599. The fourth-order valence-electron chi connectivity index (χ4n) is 2.01. The molecule has 0 amide bonds. The summed E-state index contributed by atoms with van der Waals surface area (Å²) < 4.78 is 4.71. The number of carbonyl (C=O) groups excluding carboxylic acids is 1. The molecule has 104 valence electrons. The molecule has 0 aliphatic rings. The second-order valence-corrected chi connectivity index (χ2v) is 4.60. The van der Waals surface area contributed by atoms with E-state index in [-0.39, 0.29) is 12.0 Å². The number of pyridine rings is 1. The minimum Gasteiger partial charge on any atom is -0.465 e. The van der Waals surface area contributed by atoms with Crippen LogP contribution in [0.3, 0.4) is 0 Å². The normalized spacial score (nSPS) is 11.8. The van der Waals surface area contributed by atoms with Gasteiger partial charge in [-0.2, -0.15) is 0 Å². The summed E-state index contributed by atoms with van der Waals surface area (Å²) >= 11 is 0. The van der Waals surface area contributed by atoms with Crippen LogP contribution in [0.15, 0.2) is 42.5 Å². The van der Waals surface area contributed by atoms with Gasteiger partial charge in [-0.25, -0.2) is 9.78 Å². The zero-order valence-corrected chi connectivity index (χ0v) is 11.9. The molecule has 1 atom stereocenters. The van der Waals surface area contributed by atoms with Crippen LogP contribution >= 0.6 is 0 Å². The third kappa shape index (κ3) is 3.15. The maximum absolute atomic E-state index is 11.5. The second-order valence-electron chi connectivity index (χ2n) is 4.60. The first-order chi connectivity index (χ1) is 9.61. The van der Waals surface area contributed by atoms with E-state index >= 15 is 0 Å². The van der Waals surface area contributed by atoms with Crippen LogP contribution in [0, 0.1) is 6.92 Å². The number of esters is 1. The van der Waals surface area contributed by atoms with E-state index in [4.69, 9.17) is 4.74 Å². The highest BCUT2D eigenvalue weighted by Gasteiger charge is 2.12. The molecule has 2 rings (SSSR count). The standard InChI is InChI=1S/C16H18N2O2/c1-11(13-7-5-4-6-8-13)17-15-10-9-14(12(2)18-15)16(19)20-3/h4-11H,1-3H3,(H,17,18). The number of hydrogen-bond donors (Lipinski definition) is 1. The van der Waals surface area contributed by atoms with Gasteiger partial charge in [-0.05, 0) is 31.5 Å². The number of ether oxygens (including phenoxy) is 1. The molecule has 0 aliphatic heterocycles. The van der Waals surface area contributed by atoms with Crippen LogP contribution in [0.1, 0.15) is 34.6 Å². The highest BCUT2D eigenvalue weighted by Crippen LogP contribution is 2.19. The smallest absolute Gasteiger partial charge is 0.339 e. The van der Waals surface area contributed by atoms with E-state index in [0.717, 1.165) is 5.82 Å². The number of rotatable bonds is 4. The molecule has 4 heteroatoms. The van der Waals surface area contributed by atoms with E-state index in [9.17, 15) is 4.79 Å². The molecule has 2 aromatic rings. The van der Waals surface area contributed by atoms with Gasteiger partial charge in [0.05, 0.1) is 18.4 Å². The number of aromatic nitrogens is 1. The van der Waals surface area contributed by atoms with E-state index in [1.165, 1.54) is 12.7 Å². The minimum atomic E-state index is -0.363. The number of methoxy groups -OCH3 is 1. The van der Waals surface area contributed by atoms with Crippen LogP contribution in [0.25, 0.3) is 0 Å². The van der Waals surface area contributed by atoms with Gasteiger partial charge in [0.15, 0.2) is 0 Å². The molecule has 1 N–H and O–H groups in total. The molecule has 0 radical (unpaired) electrons. The van der Waals surface area contributed by atoms with Crippen LogP contribution in [-0.4, -0.2) is 18.1 Å². The lowest BCUT2D eigenvalue weighted by Gasteiger charge is -2.15. The second kappa shape index (κ2) is 6.19. The summed E-state index contributed by atoms with van der Waals surface area (Å²) in [4.78, 5) is 15.9. The van der Waals surface area contributed by atoms with Crippen molar-refractivity contribution in [3.05, 3.63) is 59.3 Å². The lowest BCUT2D eigenvalue weighted by atomic mass is 10.1. The van der Waals surface area contributed by atoms with Crippen LogP contribution in [0.5, 0.6) is 0 Å². The van der Waals surface area contributed by atoms with Gasteiger partial charge in [-0.1, -0.05) is 30.3 Å². The van der Waals surface area contributed by atoms with Crippen molar-refractivity contribution in [2.45, 2.75) is 19.9 Å².